The first-order valence-corrected chi connectivity index (χ1v) is 22.4. The summed E-state index contributed by atoms with van der Waals surface area (Å²) in [6.07, 6.45) is 2.15. The fraction of sp³-hybridized carbons (Fsp3) is 0.500. The van der Waals surface area contributed by atoms with Gasteiger partial charge in [0.1, 0.15) is 25.6 Å². The van der Waals surface area contributed by atoms with E-state index in [1.54, 1.807) is 9.80 Å². The third-order valence-corrected chi connectivity index (χ3v) is 12.3. The summed E-state index contributed by atoms with van der Waals surface area (Å²) in [5.74, 6) is -1.50. The van der Waals surface area contributed by atoms with Crippen LogP contribution in [0.5, 0.6) is 0 Å². The van der Waals surface area contributed by atoms with E-state index in [4.69, 9.17) is 24.8 Å². The number of ether oxygens (including phenoxy) is 3. The molecule has 6 rings (SSSR count). The van der Waals surface area contributed by atoms with E-state index < -0.39 is 24.1 Å². The van der Waals surface area contributed by atoms with Crippen molar-refractivity contribution in [2.75, 3.05) is 44.6 Å². The Bertz CT molecular complexity index is 2010. The Labute approximate surface area is 416 Å². The largest absolute Gasteiger partial charge is 0.481 e. The Hall–Kier alpha value is -5.38. The maximum absolute atomic E-state index is 12.1. The fourth-order valence-corrected chi connectivity index (χ4v) is 8.37. The van der Waals surface area contributed by atoms with Crippen LogP contribution in [0.4, 0.5) is 14.4 Å². The van der Waals surface area contributed by atoms with Gasteiger partial charge in [-0.3, -0.25) is 14.4 Å². The normalized spacial score (nSPS) is 19.9. The van der Waals surface area contributed by atoms with Gasteiger partial charge < -0.3 is 39.5 Å². The lowest BCUT2D eigenvalue weighted by molar-refractivity contribution is -0.142. The molecular formula is C50H71Br2N5O10. The van der Waals surface area contributed by atoms with Crippen LogP contribution < -0.4 is 0 Å². The first-order valence-electron chi connectivity index (χ1n) is 21.3. The Balaban J connectivity index is 0.000000948. The van der Waals surface area contributed by atoms with Gasteiger partial charge in [0.25, 0.3) is 0 Å². The average Bonchev–Trinajstić information content (AvgIpc) is 4.08. The zero-order valence-electron chi connectivity index (χ0n) is 36.5. The van der Waals surface area contributed by atoms with Gasteiger partial charge in [-0.05, 0) is 34.4 Å². The Morgan fingerprint density at radius 3 is 1.19 bits per heavy atom. The van der Waals surface area contributed by atoms with Crippen molar-refractivity contribution in [1.29, 1.82) is 0 Å². The molecule has 3 saturated heterocycles. The summed E-state index contributed by atoms with van der Waals surface area (Å²) < 4.78 is 15.8. The van der Waals surface area contributed by atoms with Gasteiger partial charge in [0.2, 0.25) is 5.78 Å². The van der Waals surface area contributed by atoms with Crippen LogP contribution in [0.1, 0.15) is 79.0 Å². The Morgan fingerprint density at radius 1 is 0.582 bits per heavy atom. The first-order chi connectivity index (χ1) is 30.4. The summed E-state index contributed by atoms with van der Waals surface area (Å²) >= 11 is 3.22. The van der Waals surface area contributed by atoms with Gasteiger partial charge >= 0.3 is 30.5 Å². The smallest absolute Gasteiger partial charge is 0.410 e. The number of carbonyl (C=O) groups excluding carboxylic acids is 5. The van der Waals surface area contributed by atoms with Crippen molar-refractivity contribution in [3.8, 4) is 0 Å². The number of carboxylic acids is 1. The predicted molar refractivity (Wildman–Crippen MR) is 268 cm³/mol. The summed E-state index contributed by atoms with van der Waals surface area (Å²) in [6.45, 7) is 9.22. The number of halogens is 2. The van der Waals surface area contributed by atoms with Crippen LogP contribution in [0.3, 0.4) is 0 Å². The number of amides is 3. The quantitative estimate of drug-likeness (QED) is 0.0533. The van der Waals surface area contributed by atoms with Crippen molar-refractivity contribution in [1.82, 2.24) is 14.7 Å². The zero-order chi connectivity index (χ0) is 45.7. The van der Waals surface area contributed by atoms with Gasteiger partial charge in [0, 0.05) is 45.2 Å². The first kappa shape index (κ1) is 61.6. The number of nitrogens with zero attached hydrogens (tertiary/aromatic N) is 5. The van der Waals surface area contributed by atoms with Crippen LogP contribution in [0, 0.1) is 35.5 Å². The van der Waals surface area contributed by atoms with E-state index in [1.165, 1.54) is 4.90 Å². The number of hydrogen-bond donors (Lipinski definition) is 1. The van der Waals surface area contributed by atoms with E-state index >= 15 is 0 Å². The predicted octanol–water partition coefficient (Wildman–Crippen LogP) is 10.2. The highest BCUT2D eigenvalue weighted by atomic mass is 79.9. The van der Waals surface area contributed by atoms with Crippen molar-refractivity contribution >= 4 is 74.9 Å². The molecule has 67 heavy (non-hydrogen) atoms. The van der Waals surface area contributed by atoms with Crippen molar-refractivity contribution < 1.29 is 52.9 Å². The number of hydrogen-bond acceptors (Lipinski definition) is 9. The van der Waals surface area contributed by atoms with Gasteiger partial charge in [0.05, 0.1) is 17.2 Å². The molecule has 2 unspecified atom stereocenters. The van der Waals surface area contributed by atoms with Crippen molar-refractivity contribution in [2.45, 2.75) is 82.1 Å². The number of benzene rings is 3. The molecule has 3 aliphatic rings. The molecule has 3 aliphatic heterocycles. The number of likely N-dealkylation sites (tertiary alicyclic amines) is 3. The van der Waals surface area contributed by atoms with Crippen molar-refractivity contribution in [2.24, 2.45) is 35.5 Å². The molecule has 3 amide bonds. The molecule has 0 aromatic heterocycles. The second kappa shape index (κ2) is 32.3. The van der Waals surface area contributed by atoms with E-state index in [9.17, 15) is 28.8 Å². The molecule has 15 nitrogen and oxygen atoms in total. The summed E-state index contributed by atoms with van der Waals surface area (Å²) in [5.41, 5.74) is 11.3. The molecule has 6 atom stereocenters. The van der Waals surface area contributed by atoms with Crippen LogP contribution in [0.2, 0.25) is 0 Å². The molecule has 3 heterocycles. The highest BCUT2D eigenvalue weighted by molar-refractivity contribution is 9.09. The number of alkyl halides is 1. The fourth-order valence-electron chi connectivity index (χ4n) is 7.95. The Kier molecular flexibility index (Phi) is 29.7. The number of rotatable bonds is 14. The van der Waals surface area contributed by atoms with Gasteiger partial charge in [-0.2, -0.15) is 4.79 Å². The molecule has 0 bridgehead atoms. The summed E-state index contributed by atoms with van der Waals surface area (Å²) in [6, 6.07) is 28.5. The van der Waals surface area contributed by atoms with Crippen molar-refractivity contribution in [3.05, 3.63) is 113 Å². The zero-order valence-corrected chi connectivity index (χ0v) is 39.8. The molecule has 0 saturated carbocycles. The van der Waals surface area contributed by atoms with E-state index in [0.717, 1.165) is 42.2 Å². The van der Waals surface area contributed by atoms with Gasteiger partial charge in [-0.25, -0.2) is 14.4 Å². The molecule has 17 heteroatoms. The van der Waals surface area contributed by atoms with Gasteiger partial charge in [0.15, 0.2) is 0 Å². The Morgan fingerprint density at radius 2 is 0.896 bits per heavy atom. The monoisotopic (exact) mass is 1060 g/mol. The topological polar surface area (TPSA) is 196 Å². The van der Waals surface area contributed by atoms with E-state index in [2.05, 4.69) is 27.6 Å². The lowest BCUT2D eigenvalue weighted by Crippen LogP contribution is -2.30. The highest BCUT2D eigenvalue weighted by Crippen LogP contribution is 2.30. The standard InChI is InChI=1S/C16H20BrNO3.C16H19N3O3.C15H19NO4.3CH4.BrH/c1-2-13-9-18(10-14(13)15(19)8-17)16(20)21-11-12-6-4-3-5-7-12;1-2-13-9-19(10-14(13)15(20)8-18-17)16(21)22-11-12-6-4-3-5-7-12;1-2-12-8-16(9-13(12)14(17)18)15(19)20-10-11-6-4-3-5-7-11;;;;/h3-7,13-14H,2,8-11H2,1H3;3-8,13-14H,2,9-11H2,1H3;3-7,12-13H,2,8-10H2,1H3,(H,17,18);3*1H4;1H/t2*13-,14?;12-,13+;;;;/m111..../s1. The maximum atomic E-state index is 12.1. The molecule has 0 aliphatic carbocycles. The molecule has 0 spiro atoms. The SMILES string of the molecule is Br.C.C.C.CC[C@@H]1CN(C(=O)OCc2ccccc2)CC1C(=O)C=[N+]=[N-].CC[C@@H]1CN(C(=O)OCc2ccccc2)CC1C(=O)CBr.CC[C@@H]1CN(C(=O)OCc2ccccc2)C[C@@H]1C(=O)O. The van der Waals surface area contributed by atoms with Crippen LogP contribution >= 0.6 is 32.9 Å². The lowest BCUT2D eigenvalue weighted by atomic mass is 9.90. The summed E-state index contributed by atoms with van der Waals surface area (Å²) in [4.78, 5) is 78.6. The number of aliphatic carboxylic acids is 1. The number of carboxylic acid groups (broad SMARTS) is 1. The average molecular weight is 1060 g/mol. The van der Waals surface area contributed by atoms with Gasteiger partial charge in [-0.1, -0.05) is 169 Å². The van der Waals surface area contributed by atoms with Crippen LogP contribution in [0.25, 0.3) is 5.53 Å². The minimum Gasteiger partial charge on any atom is -0.481 e. The molecule has 3 aromatic rings. The third kappa shape index (κ3) is 19.0. The minimum absolute atomic E-state index is 0. The second-order valence-corrected chi connectivity index (χ2v) is 16.3. The number of carbonyl (C=O) groups is 6. The number of Topliss-reactive ketones (excluding diaryl/α,β-unsaturated/α-hetero) is 2. The number of ketones is 2. The molecule has 1 N–H and O–H groups in total. The minimum atomic E-state index is -0.838. The highest BCUT2D eigenvalue weighted by Gasteiger charge is 2.41. The molecule has 0 radical (unpaired) electrons. The lowest BCUT2D eigenvalue weighted by Gasteiger charge is -2.16. The van der Waals surface area contributed by atoms with Crippen molar-refractivity contribution in [3.63, 3.8) is 0 Å². The third-order valence-electron chi connectivity index (χ3n) is 11.7. The molecular weight excluding hydrogens is 990 g/mol. The van der Waals surface area contributed by atoms with E-state index in [-0.39, 0.29) is 113 Å². The van der Waals surface area contributed by atoms with Crippen LogP contribution in [0.15, 0.2) is 91.0 Å². The van der Waals surface area contributed by atoms with E-state index in [1.807, 2.05) is 105 Å². The van der Waals surface area contributed by atoms with Crippen LogP contribution in [-0.4, -0.2) is 111 Å². The maximum Gasteiger partial charge on any atom is 0.410 e. The summed E-state index contributed by atoms with van der Waals surface area (Å²) in [5, 5.41) is 9.49. The van der Waals surface area contributed by atoms with Crippen LogP contribution in [-0.2, 0) is 48.4 Å². The van der Waals surface area contributed by atoms with E-state index in [0.29, 0.717) is 38.1 Å². The van der Waals surface area contributed by atoms with Gasteiger partial charge in [-0.15, -0.1) is 17.0 Å². The second-order valence-electron chi connectivity index (χ2n) is 15.7. The molecule has 3 aromatic carbocycles. The summed E-state index contributed by atoms with van der Waals surface area (Å²) in [7, 11) is 0. The molecule has 370 valence electrons. The molecule has 3 fully saturated rings.